The van der Waals surface area contributed by atoms with Crippen LogP contribution in [-0.2, 0) is 11.3 Å². The fraction of sp³-hybridized carbons (Fsp3) is 0.250. The standard InChI is InChI=1S/C16H19N3O2/c1-10-7-14(15(16(17)18)11(2)19-10)21-13-6-4-5-12(8-13)9-20-3/h4-8H,9H2,1-3H3,(H3,17,18). The highest BCUT2D eigenvalue weighted by molar-refractivity contribution is 5.98. The van der Waals surface area contributed by atoms with E-state index in [1.165, 1.54) is 0 Å². The van der Waals surface area contributed by atoms with Crippen molar-refractivity contribution in [2.45, 2.75) is 20.5 Å². The SMILES string of the molecule is COCc1cccc(Oc2cc(C)nc(C)c2C(=N)N)c1. The molecule has 0 atom stereocenters. The molecule has 5 heteroatoms. The van der Waals surface area contributed by atoms with Gasteiger partial charge in [-0.05, 0) is 31.5 Å². The van der Waals surface area contributed by atoms with Gasteiger partial charge in [0.25, 0.3) is 0 Å². The number of benzene rings is 1. The molecule has 3 N–H and O–H groups in total. The molecule has 0 aliphatic carbocycles. The van der Waals surface area contributed by atoms with Gasteiger partial charge in [0.1, 0.15) is 17.3 Å². The molecule has 5 nitrogen and oxygen atoms in total. The van der Waals surface area contributed by atoms with E-state index in [0.717, 1.165) is 11.3 Å². The molecular weight excluding hydrogens is 266 g/mol. The summed E-state index contributed by atoms with van der Waals surface area (Å²) >= 11 is 0. The molecule has 110 valence electrons. The van der Waals surface area contributed by atoms with Gasteiger partial charge in [0, 0.05) is 18.9 Å². The molecule has 0 radical (unpaired) electrons. The lowest BCUT2D eigenvalue weighted by Gasteiger charge is -2.13. The smallest absolute Gasteiger partial charge is 0.141 e. The first kappa shape index (κ1) is 15.0. The number of aromatic nitrogens is 1. The van der Waals surface area contributed by atoms with Crippen molar-refractivity contribution in [3.05, 3.63) is 52.8 Å². The van der Waals surface area contributed by atoms with Crippen LogP contribution in [0, 0.1) is 19.3 Å². The van der Waals surface area contributed by atoms with Crippen LogP contribution >= 0.6 is 0 Å². The molecule has 1 aromatic heterocycles. The number of nitrogen functional groups attached to an aromatic ring is 1. The van der Waals surface area contributed by atoms with E-state index in [-0.39, 0.29) is 5.84 Å². The van der Waals surface area contributed by atoms with E-state index in [9.17, 15) is 0 Å². The van der Waals surface area contributed by atoms with Crippen molar-refractivity contribution < 1.29 is 9.47 Å². The number of hydrogen-bond acceptors (Lipinski definition) is 4. The van der Waals surface area contributed by atoms with Crippen LogP contribution in [0.25, 0.3) is 0 Å². The fourth-order valence-electron chi connectivity index (χ4n) is 2.19. The van der Waals surface area contributed by atoms with Gasteiger partial charge in [0.15, 0.2) is 0 Å². The van der Waals surface area contributed by atoms with Crippen LogP contribution in [0.2, 0.25) is 0 Å². The lowest BCUT2D eigenvalue weighted by Crippen LogP contribution is -2.15. The van der Waals surface area contributed by atoms with Gasteiger partial charge in [-0.3, -0.25) is 10.4 Å². The van der Waals surface area contributed by atoms with Crippen LogP contribution in [0.4, 0.5) is 0 Å². The minimum absolute atomic E-state index is 0.0527. The highest BCUT2D eigenvalue weighted by atomic mass is 16.5. The Hall–Kier alpha value is -2.40. The molecule has 1 aromatic carbocycles. The van der Waals surface area contributed by atoms with Gasteiger partial charge in [0.2, 0.25) is 0 Å². The van der Waals surface area contributed by atoms with Crippen molar-refractivity contribution in [1.29, 1.82) is 5.41 Å². The summed E-state index contributed by atoms with van der Waals surface area (Å²) in [5, 5.41) is 7.70. The number of rotatable bonds is 5. The van der Waals surface area contributed by atoms with Crippen LogP contribution in [0.15, 0.2) is 30.3 Å². The van der Waals surface area contributed by atoms with E-state index in [1.807, 2.05) is 38.1 Å². The third-order valence-electron chi connectivity index (χ3n) is 3.00. The van der Waals surface area contributed by atoms with Crippen molar-refractivity contribution in [1.82, 2.24) is 4.98 Å². The Morgan fingerprint density at radius 2 is 2.05 bits per heavy atom. The fourth-order valence-corrected chi connectivity index (χ4v) is 2.19. The third kappa shape index (κ3) is 3.58. The molecule has 0 fully saturated rings. The summed E-state index contributed by atoms with van der Waals surface area (Å²) in [5.74, 6) is 1.17. The normalized spacial score (nSPS) is 10.4. The predicted molar refractivity (Wildman–Crippen MR) is 82.0 cm³/mol. The molecule has 0 aliphatic heterocycles. The Balaban J connectivity index is 2.39. The number of methoxy groups -OCH3 is 1. The highest BCUT2D eigenvalue weighted by Crippen LogP contribution is 2.28. The molecule has 2 rings (SSSR count). The molecule has 0 spiro atoms. The Morgan fingerprint density at radius 3 is 2.71 bits per heavy atom. The van der Waals surface area contributed by atoms with Gasteiger partial charge in [-0.1, -0.05) is 12.1 Å². The number of nitrogens with zero attached hydrogens (tertiary/aromatic N) is 1. The quantitative estimate of drug-likeness (QED) is 0.653. The van der Waals surface area contributed by atoms with Crippen LogP contribution in [0.1, 0.15) is 22.5 Å². The summed E-state index contributed by atoms with van der Waals surface area (Å²) < 4.78 is 11.0. The first-order valence-corrected chi connectivity index (χ1v) is 6.59. The summed E-state index contributed by atoms with van der Waals surface area (Å²) in [6, 6.07) is 9.41. The minimum Gasteiger partial charge on any atom is -0.456 e. The molecule has 0 aliphatic rings. The summed E-state index contributed by atoms with van der Waals surface area (Å²) in [4.78, 5) is 4.32. The van der Waals surface area contributed by atoms with E-state index in [4.69, 9.17) is 20.6 Å². The van der Waals surface area contributed by atoms with Gasteiger partial charge in [-0.15, -0.1) is 0 Å². The van der Waals surface area contributed by atoms with Crippen molar-refractivity contribution in [2.24, 2.45) is 5.73 Å². The lowest BCUT2D eigenvalue weighted by atomic mass is 10.1. The molecule has 21 heavy (non-hydrogen) atoms. The van der Waals surface area contributed by atoms with Crippen molar-refractivity contribution in [2.75, 3.05) is 7.11 Å². The van der Waals surface area contributed by atoms with Crippen LogP contribution < -0.4 is 10.5 Å². The first-order chi connectivity index (χ1) is 10.0. The van der Waals surface area contributed by atoms with Gasteiger partial charge >= 0.3 is 0 Å². The molecule has 0 amide bonds. The predicted octanol–water partition coefficient (Wildman–Crippen LogP) is 2.92. The van der Waals surface area contributed by atoms with Crippen molar-refractivity contribution >= 4 is 5.84 Å². The first-order valence-electron chi connectivity index (χ1n) is 6.59. The second-order valence-corrected chi connectivity index (χ2v) is 4.82. The summed E-state index contributed by atoms with van der Waals surface area (Å²) in [7, 11) is 1.65. The Morgan fingerprint density at radius 1 is 1.29 bits per heavy atom. The number of aryl methyl sites for hydroxylation is 2. The maximum atomic E-state index is 7.70. The molecule has 0 saturated carbocycles. The number of pyridine rings is 1. The van der Waals surface area contributed by atoms with Crippen LogP contribution in [-0.4, -0.2) is 17.9 Å². The number of nitrogens with two attached hydrogens (primary N) is 1. The zero-order chi connectivity index (χ0) is 15.4. The van der Waals surface area contributed by atoms with E-state index in [2.05, 4.69) is 4.98 Å². The van der Waals surface area contributed by atoms with E-state index in [1.54, 1.807) is 13.2 Å². The van der Waals surface area contributed by atoms with Crippen LogP contribution in [0.5, 0.6) is 11.5 Å². The van der Waals surface area contributed by atoms with Gasteiger partial charge in [0.05, 0.1) is 17.9 Å². The van der Waals surface area contributed by atoms with Crippen molar-refractivity contribution in [3.8, 4) is 11.5 Å². The monoisotopic (exact) mass is 285 g/mol. The minimum atomic E-state index is -0.0527. The Kier molecular flexibility index (Phi) is 4.55. The molecule has 0 bridgehead atoms. The van der Waals surface area contributed by atoms with Crippen molar-refractivity contribution in [3.63, 3.8) is 0 Å². The third-order valence-corrected chi connectivity index (χ3v) is 3.00. The zero-order valence-corrected chi connectivity index (χ0v) is 12.4. The second-order valence-electron chi connectivity index (χ2n) is 4.82. The topological polar surface area (TPSA) is 81.2 Å². The number of nitrogens with one attached hydrogen (secondary N) is 1. The summed E-state index contributed by atoms with van der Waals surface area (Å²) in [6.45, 7) is 4.22. The van der Waals surface area contributed by atoms with E-state index in [0.29, 0.717) is 29.4 Å². The molecule has 1 heterocycles. The van der Waals surface area contributed by atoms with Gasteiger partial charge < -0.3 is 15.2 Å². The number of amidine groups is 1. The number of hydrogen-bond donors (Lipinski definition) is 2. The zero-order valence-electron chi connectivity index (χ0n) is 12.4. The average molecular weight is 285 g/mol. The highest BCUT2D eigenvalue weighted by Gasteiger charge is 2.13. The maximum absolute atomic E-state index is 7.70. The summed E-state index contributed by atoms with van der Waals surface area (Å²) in [5.41, 5.74) is 8.69. The lowest BCUT2D eigenvalue weighted by molar-refractivity contribution is 0.184. The molecular formula is C16H19N3O2. The molecule has 2 aromatic rings. The van der Waals surface area contributed by atoms with Gasteiger partial charge in [-0.25, -0.2) is 0 Å². The number of ether oxygens (including phenoxy) is 2. The van der Waals surface area contributed by atoms with Crippen LogP contribution in [0.3, 0.4) is 0 Å². The Labute approximate surface area is 124 Å². The summed E-state index contributed by atoms with van der Waals surface area (Å²) in [6.07, 6.45) is 0. The molecule has 0 saturated heterocycles. The van der Waals surface area contributed by atoms with E-state index >= 15 is 0 Å². The molecule has 0 unspecified atom stereocenters. The second kappa shape index (κ2) is 6.37. The Bertz CT molecular complexity index is 669. The average Bonchev–Trinajstić information content (AvgIpc) is 2.38. The van der Waals surface area contributed by atoms with Gasteiger partial charge in [-0.2, -0.15) is 0 Å². The maximum Gasteiger partial charge on any atom is 0.141 e. The largest absolute Gasteiger partial charge is 0.456 e. The van der Waals surface area contributed by atoms with E-state index < -0.39 is 0 Å².